The highest BCUT2D eigenvalue weighted by molar-refractivity contribution is 7.91. The Labute approximate surface area is 392 Å². The number of ether oxygens (including phenoxy) is 4. The lowest BCUT2D eigenvalue weighted by Gasteiger charge is -2.38. The third kappa shape index (κ3) is 10.2. The normalized spacial score (nSPS) is 25.6. The summed E-state index contributed by atoms with van der Waals surface area (Å²) in [6.07, 6.45) is 4.01. The Morgan fingerprint density at radius 2 is 1.81 bits per heavy atom. The third-order valence-electron chi connectivity index (χ3n) is 13.0. The zero-order valence-corrected chi connectivity index (χ0v) is 39.1. The number of hydrogen-bond donors (Lipinski definition) is 3. The molecule has 3 aliphatic heterocycles. The molecule has 5 atom stereocenters. The van der Waals surface area contributed by atoms with E-state index in [1.165, 1.54) is 19.1 Å². The van der Waals surface area contributed by atoms with E-state index in [1.807, 2.05) is 0 Å². The maximum absolute atomic E-state index is 15.0. The number of alkyl halides is 3. The molecular formula is C48H55F3N6O10S. The van der Waals surface area contributed by atoms with Crippen molar-refractivity contribution >= 4 is 44.7 Å². The number of nitrogens with zero attached hydrogens (tertiary/aromatic N) is 3. The van der Waals surface area contributed by atoms with Gasteiger partial charge in [0.25, 0.3) is 5.91 Å². The second kappa shape index (κ2) is 18.4. The SMILES string of the molecule is CC(C)(C)OC(=O)NC1CCCCCC=CC2C#CC2(C(=O)NS(=O)(=O)C2(C)CC2)NC(=O)C2CC3(CCc4c(c(C(F)(F)F)nc5ccc(OCCCOc6cccnc6)cc45)O3)CN2C1=O. The Balaban J connectivity index is 1.12. The average Bonchev–Trinajstić information content (AvgIpc) is 3.93. The number of halogens is 3. The molecule has 3 aromatic rings. The number of hydrogen-bond acceptors (Lipinski definition) is 12. The lowest BCUT2D eigenvalue weighted by molar-refractivity contribution is -0.144. The van der Waals surface area contributed by atoms with Crippen LogP contribution in [0.5, 0.6) is 17.2 Å². The van der Waals surface area contributed by atoms with Gasteiger partial charge in [0.1, 0.15) is 34.8 Å². The molecule has 364 valence electrons. The Bertz CT molecular complexity index is 2680. The summed E-state index contributed by atoms with van der Waals surface area (Å²) in [7, 11) is -4.20. The average molecular weight is 965 g/mol. The number of nitrogens with one attached hydrogen (secondary N) is 3. The molecule has 3 N–H and O–H groups in total. The lowest BCUT2D eigenvalue weighted by Crippen LogP contribution is -2.68. The number of benzene rings is 1. The van der Waals surface area contributed by atoms with Crippen LogP contribution in [-0.4, -0.2) is 100 Å². The number of carbonyl (C=O) groups is 4. The first-order valence-electron chi connectivity index (χ1n) is 22.9. The van der Waals surface area contributed by atoms with Crippen molar-refractivity contribution in [2.75, 3.05) is 19.8 Å². The Hall–Kier alpha value is -6.10. The fraction of sp³-hybridized carbons (Fsp3) is 0.542. The van der Waals surface area contributed by atoms with E-state index in [1.54, 1.807) is 63.5 Å². The van der Waals surface area contributed by atoms with Gasteiger partial charge in [-0.25, -0.2) is 22.9 Å². The maximum Gasteiger partial charge on any atom is 0.437 e. The van der Waals surface area contributed by atoms with Gasteiger partial charge in [-0.3, -0.25) is 19.4 Å². The van der Waals surface area contributed by atoms with E-state index in [0.717, 1.165) is 4.90 Å². The summed E-state index contributed by atoms with van der Waals surface area (Å²) in [5.41, 5.74) is -5.63. The molecule has 2 aromatic heterocycles. The van der Waals surface area contributed by atoms with Gasteiger partial charge in [0.15, 0.2) is 17.0 Å². The predicted octanol–water partition coefficient (Wildman–Crippen LogP) is 6.06. The Morgan fingerprint density at radius 1 is 1.04 bits per heavy atom. The van der Waals surface area contributed by atoms with Gasteiger partial charge in [0.2, 0.25) is 21.8 Å². The molecule has 1 saturated heterocycles. The molecule has 5 unspecified atom stereocenters. The molecule has 2 aliphatic carbocycles. The molecule has 0 radical (unpaired) electrons. The zero-order chi connectivity index (χ0) is 48.7. The van der Waals surface area contributed by atoms with Crippen LogP contribution < -0.4 is 29.6 Å². The van der Waals surface area contributed by atoms with Crippen LogP contribution in [0.25, 0.3) is 10.9 Å². The first-order chi connectivity index (χ1) is 32.1. The highest BCUT2D eigenvalue weighted by atomic mass is 32.2. The van der Waals surface area contributed by atoms with Crippen LogP contribution >= 0.6 is 0 Å². The molecule has 68 heavy (non-hydrogen) atoms. The van der Waals surface area contributed by atoms with Gasteiger partial charge >= 0.3 is 12.3 Å². The first-order valence-corrected chi connectivity index (χ1v) is 24.4. The minimum Gasteiger partial charge on any atom is -0.493 e. The van der Waals surface area contributed by atoms with Crippen molar-refractivity contribution in [3.8, 4) is 29.1 Å². The van der Waals surface area contributed by atoms with Crippen LogP contribution in [0.15, 0.2) is 54.9 Å². The van der Waals surface area contributed by atoms with Crippen molar-refractivity contribution in [3.63, 3.8) is 0 Å². The van der Waals surface area contributed by atoms with E-state index in [0.29, 0.717) is 68.4 Å². The Kier molecular flexibility index (Phi) is 13.1. The minimum atomic E-state index is -4.98. The predicted molar refractivity (Wildman–Crippen MR) is 241 cm³/mol. The van der Waals surface area contributed by atoms with Gasteiger partial charge < -0.3 is 34.5 Å². The molecule has 1 saturated carbocycles. The maximum atomic E-state index is 15.0. The number of aromatic nitrogens is 2. The standard InChI is InChI=1S/C48H55F3N6O10S/c1-44(2,3)67-43(61)54-36-14-9-7-5-6-8-12-30-17-20-47(30,42(60)56-68(62,63)45(4)21-22-45)55-40(58)37-27-46(29-57(37)41(36)59)19-18-33-34-26-31(64-24-11-25-65-32-13-10-23-52-28-32)15-16-35(34)53-39(38(33)66-46)48(49,50)51/h8,10,12-13,15-16,23,26,28,30,36-37H,5-7,9,11,14,18-19,21-22,24-25,27,29H2,1-4H3,(H,54,61)(H,55,58)(H,56,60). The highest BCUT2D eigenvalue weighted by Gasteiger charge is 2.59. The van der Waals surface area contributed by atoms with E-state index < -0.39 is 97.5 Å². The summed E-state index contributed by atoms with van der Waals surface area (Å²) >= 11 is 0. The second-order valence-electron chi connectivity index (χ2n) is 19.3. The monoisotopic (exact) mass is 964 g/mol. The van der Waals surface area contributed by atoms with E-state index in [4.69, 9.17) is 18.9 Å². The number of rotatable bonds is 10. The van der Waals surface area contributed by atoms with Gasteiger partial charge in [-0.2, -0.15) is 13.2 Å². The molecule has 5 heterocycles. The highest BCUT2D eigenvalue weighted by Crippen LogP contribution is 2.49. The fourth-order valence-electron chi connectivity index (χ4n) is 8.92. The largest absolute Gasteiger partial charge is 0.493 e. The van der Waals surface area contributed by atoms with Crippen LogP contribution in [0.4, 0.5) is 18.0 Å². The van der Waals surface area contributed by atoms with Gasteiger partial charge in [-0.1, -0.05) is 36.8 Å². The minimum absolute atomic E-state index is 0.0110. The van der Waals surface area contributed by atoms with Crippen LogP contribution in [0.3, 0.4) is 0 Å². The van der Waals surface area contributed by atoms with Gasteiger partial charge in [-0.15, -0.1) is 0 Å². The number of amides is 4. The first kappa shape index (κ1) is 48.4. The topological polar surface area (TPSA) is 204 Å². The van der Waals surface area contributed by atoms with E-state index >= 15 is 13.2 Å². The van der Waals surface area contributed by atoms with Crippen molar-refractivity contribution in [1.82, 2.24) is 30.2 Å². The van der Waals surface area contributed by atoms with E-state index in [9.17, 15) is 27.6 Å². The van der Waals surface area contributed by atoms with E-state index in [2.05, 4.69) is 37.2 Å². The second-order valence-corrected chi connectivity index (χ2v) is 21.5. The Morgan fingerprint density at radius 3 is 2.49 bits per heavy atom. The summed E-state index contributed by atoms with van der Waals surface area (Å²) in [4.78, 5) is 66.4. The summed E-state index contributed by atoms with van der Waals surface area (Å²) in [6, 6.07) is 5.37. The number of aryl methyl sites for hydroxylation is 1. The van der Waals surface area contributed by atoms with Crippen molar-refractivity contribution in [2.45, 2.75) is 138 Å². The van der Waals surface area contributed by atoms with Crippen molar-refractivity contribution < 1.29 is 59.7 Å². The molecule has 5 aliphatic rings. The van der Waals surface area contributed by atoms with Gasteiger partial charge in [0, 0.05) is 30.0 Å². The van der Waals surface area contributed by atoms with Gasteiger partial charge in [-0.05, 0) is 103 Å². The van der Waals surface area contributed by atoms with Crippen LogP contribution in [0.1, 0.15) is 103 Å². The zero-order valence-electron chi connectivity index (χ0n) is 38.3. The number of alkyl carbamates (subject to hydrolysis) is 1. The molecular weight excluding hydrogens is 910 g/mol. The van der Waals surface area contributed by atoms with Crippen molar-refractivity contribution in [3.05, 3.63) is 66.1 Å². The van der Waals surface area contributed by atoms with Gasteiger partial charge in [0.05, 0.1) is 42.1 Å². The molecule has 20 heteroatoms. The molecule has 1 aromatic carbocycles. The number of fused-ring (bicyclic) bond motifs is 5. The molecule has 8 rings (SSSR count). The molecule has 16 nitrogen and oxygen atoms in total. The molecule has 4 amide bonds. The van der Waals surface area contributed by atoms with Crippen LogP contribution in [0, 0.1) is 17.8 Å². The van der Waals surface area contributed by atoms with Crippen LogP contribution in [-0.2, 0) is 41.7 Å². The summed E-state index contributed by atoms with van der Waals surface area (Å²) in [5.74, 6) is 2.31. The van der Waals surface area contributed by atoms with E-state index in [-0.39, 0.29) is 43.4 Å². The summed E-state index contributed by atoms with van der Waals surface area (Å²) < 4.78 is 96.4. The van der Waals surface area contributed by atoms with Crippen LogP contribution in [0.2, 0.25) is 0 Å². The molecule has 0 bridgehead atoms. The smallest absolute Gasteiger partial charge is 0.437 e. The molecule has 2 fully saturated rings. The lowest BCUT2D eigenvalue weighted by atomic mass is 9.75. The third-order valence-corrected chi connectivity index (χ3v) is 15.1. The number of pyridine rings is 2. The number of sulfonamides is 1. The number of allylic oxidation sites excluding steroid dienone is 1. The molecule has 1 spiro atoms. The van der Waals surface area contributed by atoms with Crippen molar-refractivity contribution in [2.24, 2.45) is 5.92 Å². The van der Waals surface area contributed by atoms with Crippen molar-refractivity contribution in [1.29, 1.82) is 0 Å². The quantitative estimate of drug-likeness (QED) is 0.121. The number of carbonyl (C=O) groups excluding carboxylic acids is 4. The fourth-order valence-corrected chi connectivity index (χ4v) is 10.2. The summed E-state index contributed by atoms with van der Waals surface area (Å²) in [6.45, 7) is 6.65. The summed E-state index contributed by atoms with van der Waals surface area (Å²) in [5, 5.41) is 5.72.